The Hall–Kier alpha value is -3.12. The van der Waals surface area contributed by atoms with Crippen LogP contribution in [0.4, 0.5) is 0 Å². The number of rotatable bonds is 7. The van der Waals surface area contributed by atoms with Crippen molar-refractivity contribution in [2.45, 2.75) is 18.9 Å². The minimum atomic E-state index is -2.21. The van der Waals surface area contributed by atoms with Crippen molar-refractivity contribution < 1.29 is 19.7 Å². The maximum Gasteiger partial charge on any atom is 0.273 e. The number of hydrogen-bond donors (Lipinski definition) is 3. The fourth-order valence-corrected chi connectivity index (χ4v) is 4.77. The summed E-state index contributed by atoms with van der Waals surface area (Å²) in [5, 5.41) is 38.3. The van der Waals surface area contributed by atoms with Crippen LogP contribution in [0.1, 0.15) is 35.7 Å². The zero-order valence-electron chi connectivity index (χ0n) is 19.8. The van der Waals surface area contributed by atoms with Crippen LogP contribution in [-0.4, -0.2) is 66.8 Å². The molecule has 0 amide bonds. The normalized spacial score (nSPS) is 15.9. The number of benzene rings is 1. The molecule has 1 fully saturated rings. The first-order chi connectivity index (χ1) is 17.8. The van der Waals surface area contributed by atoms with E-state index in [4.69, 9.17) is 32.7 Å². The predicted octanol–water partition coefficient (Wildman–Crippen LogP) is 3.79. The number of halogens is 2. The standard InChI is InChI=1S/C25H24Cl2N6O4/c1-15(24-19(26)13-28-14-20(24)27)37-17-4-6-22-18(12-17)21(30-31-22)5-2-16-3-7-23(32-29-16)25(34,35)33-8-10-36-11-9-33/h2-7,12-15,34-35H,8-11H2,1H3,(H,30,31)/b5-2+. The molecule has 3 N–H and O–H groups in total. The zero-order chi connectivity index (χ0) is 26.0. The van der Waals surface area contributed by atoms with E-state index in [0.29, 0.717) is 59.0 Å². The van der Waals surface area contributed by atoms with Crippen molar-refractivity contribution in [2.75, 3.05) is 26.3 Å². The van der Waals surface area contributed by atoms with Gasteiger partial charge >= 0.3 is 0 Å². The molecule has 37 heavy (non-hydrogen) atoms. The van der Waals surface area contributed by atoms with Crippen LogP contribution in [0.2, 0.25) is 10.0 Å². The Morgan fingerprint density at radius 2 is 1.84 bits per heavy atom. The lowest BCUT2D eigenvalue weighted by Gasteiger charge is -2.36. The first-order valence-electron chi connectivity index (χ1n) is 11.6. The fourth-order valence-electron chi connectivity index (χ4n) is 4.10. The minimum Gasteiger partial charge on any atom is -0.486 e. The Morgan fingerprint density at radius 3 is 2.54 bits per heavy atom. The van der Waals surface area contributed by atoms with Crippen LogP contribution in [-0.2, 0) is 10.6 Å². The first kappa shape index (κ1) is 25.5. The van der Waals surface area contributed by atoms with Crippen LogP contribution in [0.25, 0.3) is 23.1 Å². The Balaban J connectivity index is 1.33. The second-order valence-electron chi connectivity index (χ2n) is 8.50. The predicted molar refractivity (Wildman–Crippen MR) is 139 cm³/mol. The maximum atomic E-state index is 10.6. The van der Waals surface area contributed by atoms with E-state index in [9.17, 15) is 10.2 Å². The number of nitrogens with one attached hydrogen (secondary N) is 1. The molecule has 1 aliphatic heterocycles. The summed E-state index contributed by atoms with van der Waals surface area (Å²) < 4.78 is 11.4. The molecule has 4 heterocycles. The highest BCUT2D eigenvalue weighted by molar-refractivity contribution is 6.35. The summed E-state index contributed by atoms with van der Waals surface area (Å²) >= 11 is 12.5. The number of fused-ring (bicyclic) bond motifs is 1. The molecule has 1 atom stereocenters. The van der Waals surface area contributed by atoms with Gasteiger partial charge in [0.25, 0.3) is 5.91 Å². The van der Waals surface area contributed by atoms with Crippen LogP contribution < -0.4 is 4.74 Å². The lowest BCUT2D eigenvalue weighted by Crippen LogP contribution is -2.51. The number of H-pyrrole nitrogens is 1. The monoisotopic (exact) mass is 542 g/mol. The van der Waals surface area contributed by atoms with E-state index < -0.39 is 12.0 Å². The topological polar surface area (TPSA) is 130 Å². The van der Waals surface area contributed by atoms with E-state index in [1.165, 1.54) is 23.4 Å². The number of aromatic nitrogens is 5. The molecular formula is C25H24Cl2N6O4. The Bertz CT molecular complexity index is 1400. The Morgan fingerprint density at radius 1 is 1.08 bits per heavy atom. The van der Waals surface area contributed by atoms with Crippen molar-refractivity contribution >= 4 is 46.3 Å². The lowest BCUT2D eigenvalue weighted by molar-refractivity contribution is -0.289. The number of morpholine rings is 1. The van der Waals surface area contributed by atoms with Crippen LogP contribution in [0.3, 0.4) is 0 Å². The average Bonchev–Trinajstić information content (AvgIpc) is 3.30. The minimum absolute atomic E-state index is 0.0436. The van der Waals surface area contributed by atoms with Gasteiger partial charge in [-0.3, -0.25) is 10.1 Å². The van der Waals surface area contributed by atoms with Crippen molar-refractivity contribution in [3.63, 3.8) is 0 Å². The zero-order valence-corrected chi connectivity index (χ0v) is 21.3. The van der Waals surface area contributed by atoms with Gasteiger partial charge in [-0.2, -0.15) is 10.2 Å². The third kappa shape index (κ3) is 5.45. The molecule has 1 saturated heterocycles. The van der Waals surface area contributed by atoms with E-state index in [1.807, 2.05) is 25.1 Å². The molecule has 5 rings (SSSR count). The second kappa shape index (κ2) is 10.7. The summed E-state index contributed by atoms with van der Waals surface area (Å²) in [6, 6.07) is 8.78. The van der Waals surface area contributed by atoms with Crippen molar-refractivity contribution in [3.05, 3.63) is 75.4 Å². The van der Waals surface area contributed by atoms with Gasteiger partial charge < -0.3 is 19.7 Å². The highest BCUT2D eigenvalue weighted by Crippen LogP contribution is 2.33. The smallest absolute Gasteiger partial charge is 0.273 e. The number of pyridine rings is 1. The molecule has 0 bridgehead atoms. The van der Waals surface area contributed by atoms with Crippen molar-refractivity contribution in [2.24, 2.45) is 0 Å². The molecule has 1 aromatic carbocycles. The number of ether oxygens (including phenoxy) is 2. The summed E-state index contributed by atoms with van der Waals surface area (Å²) in [4.78, 5) is 5.47. The van der Waals surface area contributed by atoms with Gasteiger partial charge in [-0.25, -0.2) is 4.90 Å². The Labute approximate surface area is 222 Å². The summed E-state index contributed by atoms with van der Waals surface area (Å²) in [5.74, 6) is -1.59. The second-order valence-corrected chi connectivity index (χ2v) is 9.32. The SMILES string of the molecule is CC(Oc1ccc2[nH]nc(/C=C/c3ccc(C(O)(O)N4CCOCC4)nn3)c2c1)c1c(Cl)cncc1Cl. The molecule has 10 nitrogen and oxygen atoms in total. The van der Waals surface area contributed by atoms with Gasteiger partial charge in [-0.05, 0) is 49.4 Å². The number of aromatic amines is 1. The quantitative estimate of drug-likeness (QED) is 0.298. The maximum absolute atomic E-state index is 10.6. The van der Waals surface area contributed by atoms with E-state index in [1.54, 1.807) is 18.2 Å². The van der Waals surface area contributed by atoms with E-state index >= 15 is 0 Å². The molecule has 0 aliphatic carbocycles. The summed E-state index contributed by atoms with van der Waals surface area (Å²) in [6.45, 7) is 3.48. The first-order valence-corrected chi connectivity index (χ1v) is 12.3. The summed E-state index contributed by atoms with van der Waals surface area (Å²) in [7, 11) is 0. The van der Waals surface area contributed by atoms with Gasteiger partial charge in [-0.1, -0.05) is 23.2 Å². The highest BCUT2D eigenvalue weighted by Gasteiger charge is 2.36. The largest absolute Gasteiger partial charge is 0.486 e. The van der Waals surface area contributed by atoms with Crippen LogP contribution in [0.15, 0.2) is 42.7 Å². The third-order valence-electron chi connectivity index (χ3n) is 6.07. The fraction of sp³-hybridized carbons (Fsp3) is 0.280. The molecule has 3 aromatic heterocycles. The molecule has 1 aliphatic rings. The van der Waals surface area contributed by atoms with Gasteiger partial charge in [0.05, 0.1) is 40.2 Å². The van der Waals surface area contributed by atoms with Crippen molar-refractivity contribution in [1.29, 1.82) is 0 Å². The molecule has 0 radical (unpaired) electrons. The van der Waals surface area contributed by atoms with Crippen LogP contribution in [0.5, 0.6) is 5.75 Å². The van der Waals surface area contributed by atoms with E-state index in [-0.39, 0.29) is 5.69 Å². The van der Waals surface area contributed by atoms with Gasteiger partial charge in [0.15, 0.2) is 0 Å². The third-order valence-corrected chi connectivity index (χ3v) is 6.67. The Kier molecular flexibility index (Phi) is 7.38. The molecule has 0 saturated carbocycles. The van der Waals surface area contributed by atoms with Crippen LogP contribution in [0, 0.1) is 0 Å². The molecule has 0 spiro atoms. The lowest BCUT2D eigenvalue weighted by atomic mass is 10.1. The van der Waals surface area contributed by atoms with Crippen molar-refractivity contribution in [3.8, 4) is 5.75 Å². The molecule has 1 unspecified atom stereocenters. The number of nitrogens with zero attached hydrogens (tertiary/aromatic N) is 5. The van der Waals surface area contributed by atoms with Gasteiger partial charge in [0.1, 0.15) is 17.5 Å². The summed E-state index contributed by atoms with van der Waals surface area (Å²) in [5.41, 5.74) is 2.74. The number of aliphatic hydroxyl groups is 2. The molecule has 192 valence electrons. The number of hydrogen-bond acceptors (Lipinski definition) is 9. The van der Waals surface area contributed by atoms with Crippen LogP contribution >= 0.6 is 23.2 Å². The van der Waals surface area contributed by atoms with Gasteiger partial charge in [-0.15, -0.1) is 5.10 Å². The van der Waals surface area contributed by atoms with Gasteiger partial charge in [0, 0.05) is 36.4 Å². The molecule has 12 heteroatoms. The van der Waals surface area contributed by atoms with E-state index in [2.05, 4.69) is 25.4 Å². The van der Waals surface area contributed by atoms with Crippen molar-refractivity contribution in [1.82, 2.24) is 30.3 Å². The highest BCUT2D eigenvalue weighted by atomic mass is 35.5. The molecular weight excluding hydrogens is 519 g/mol. The van der Waals surface area contributed by atoms with Gasteiger partial charge in [0.2, 0.25) is 0 Å². The van der Waals surface area contributed by atoms with E-state index in [0.717, 1.165) is 10.9 Å². The average molecular weight is 543 g/mol. The molecule has 4 aromatic rings. The summed E-state index contributed by atoms with van der Waals surface area (Å²) in [6.07, 6.45) is 6.19.